The molecule has 0 aliphatic carbocycles. The predicted molar refractivity (Wildman–Crippen MR) is 102 cm³/mol. The lowest BCUT2D eigenvalue weighted by Gasteiger charge is -2.22. The Hall–Kier alpha value is -2.19. The third-order valence-corrected chi connectivity index (χ3v) is 5.93. The highest BCUT2D eigenvalue weighted by molar-refractivity contribution is 7.89. The molecule has 142 valence electrons. The van der Waals surface area contributed by atoms with Gasteiger partial charge >= 0.3 is 0 Å². The number of nitrogens with zero attached hydrogens (tertiary/aromatic N) is 2. The largest absolute Gasteiger partial charge is 0.311 e. The van der Waals surface area contributed by atoms with Crippen LogP contribution in [0.1, 0.15) is 43.6 Å². The summed E-state index contributed by atoms with van der Waals surface area (Å²) < 4.78 is 27.5. The fourth-order valence-corrected chi connectivity index (χ4v) is 4.20. The quantitative estimate of drug-likeness (QED) is 0.774. The maximum atomic E-state index is 12.5. The van der Waals surface area contributed by atoms with Gasteiger partial charge in [0.2, 0.25) is 15.9 Å². The molecular weight excluding hydrogens is 352 g/mol. The van der Waals surface area contributed by atoms with Crippen molar-refractivity contribution in [3.8, 4) is 0 Å². The van der Waals surface area contributed by atoms with Crippen LogP contribution in [0, 0.1) is 13.8 Å². The molecule has 1 aromatic heterocycles. The number of aryl methyl sites for hydroxylation is 2. The minimum Gasteiger partial charge on any atom is -0.311 e. The zero-order valence-electron chi connectivity index (χ0n) is 15.8. The molecule has 1 aromatic carbocycles. The number of sulfonamides is 1. The van der Waals surface area contributed by atoms with Crippen molar-refractivity contribution < 1.29 is 13.2 Å². The zero-order valence-corrected chi connectivity index (χ0v) is 16.6. The van der Waals surface area contributed by atoms with Crippen molar-refractivity contribution in [1.29, 1.82) is 0 Å². The Labute approximate surface area is 154 Å². The van der Waals surface area contributed by atoms with Crippen molar-refractivity contribution in [2.24, 2.45) is 0 Å². The van der Waals surface area contributed by atoms with E-state index >= 15 is 0 Å². The fraction of sp³-hybridized carbons (Fsp3) is 0.444. The maximum Gasteiger partial charge on any atom is 0.244 e. The molecule has 0 saturated carbocycles. The number of amides is 1. The second-order valence-electron chi connectivity index (χ2n) is 6.58. The molecule has 7 nitrogen and oxygen atoms in total. The molecule has 0 bridgehead atoms. The fourth-order valence-electron chi connectivity index (χ4n) is 2.81. The first-order valence-corrected chi connectivity index (χ1v) is 10.0. The summed E-state index contributed by atoms with van der Waals surface area (Å²) in [6, 6.07) is 7.74. The van der Waals surface area contributed by atoms with E-state index in [1.54, 1.807) is 18.7 Å². The van der Waals surface area contributed by atoms with Crippen molar-refractivity contribution in [3.63, 3.8) is 0 Å². The molecular formula is C18H26N4O3S. The number of anilines is 1. The van der Waals surface area contributed by atoms with Crippen molar-refractivity contribution in [3.05, 3.63) is 41.2 Å². The second kappa shape index (κ2) is 8.01. The number of aromatic amines is 1. The molecule has 0 unspecified atom stereocenters. The van der Waals surface area contributed by atoms with Crippen molar-refractivity contribution in [2.75, 3.05) is 18.0 Å². The average molecular weight is 378 g/mol. The first kappa shape index (κ1) is 20.1. The van der Waals surface area contributed by atoms with Crippen LogP contribution in [-0.4, -0.2) is 37.6 Å². The Morgan fingerprint density at radius 2 is 1.85 bits per heavy atom. The molecule has 2 aromatic rings. The smallest absolute Gasteiger partial charge is 0.244 e. The Kier molecular flexibility index (Phi) is 6.20. The van der Waals surface area contributed by atoms with Gasteiger partial charge in [0.25, 0.3) is 0 Å². The van der Waals surface area contributed by atoms with Gasteiger partial charge in [-0.25, -0.2) is 13.1 Å². The van der Waals surface area contributed by atoms with E-state index in [1.807, 2.05) is 24.3 Å². The SMILES string of the molecule is CC(=O)N(CCNS(=O)(=O)c1c(C)n[nH]c1C)c1ccc(C(C)C)cc1. The molecule has 1 heterocycles. The van der Waals surface area contributed by atoms with Gasteiger partial charge in [-0.2, -0.15) is 5.10 Å². The summed E-state index contributed by atoms with van der Waals surface area (Å²) in [5.41, 5.74) is 2.84. The highest BCUT2D eigenvalue weighted by Gasteiger charge is 2.22. The minimum atomic E-state index is -3.68. The summed E-state index contributed by atoms with van der Waals surface area (Å²) in [6.07, 6.45) is 0. The third kappa shape index (κ3) is 4.50. The van der Waals surface area contributed by atoms with Crippen LogP contribution < -0.4 is 9.62 Å². The lowest BCUT2D eigenvalue weighted by molar-refractivity contribution is -0.116. The van der Waals surface area contributed by atoms with Gasteiger partial charge in [-0.05, 0) is 37.5 Å². The van der Waals surface area contributed by atoms with Crippen LogP contribution in [0.4, 0.5) is 5.69 Å². The summed E-state index contributed by atoms with van der Waals surface area (Å²) >= 11 is 0. The number of aromatic nitrogens is 2. The number of rotatable bonds is 7. The number of carbonyl (C=O) groups excluding carboxylic acids is 1. The normalized spacial score (nSPS) is 11.8. The van der Waals surface area contributed by atoms with Gasteiger partial charge in [0.15, 0.2) is 0 Å². The second-order valence-corrected chi connectivity index (χ2v) is 8.28. The maximum absolute atomic E-state index is 12.5. The van der Waals surface area contributed by atoms with E-state index in [2.05, 4.69) is 28.8 Å². The summed E-state index contributed by atoms with van der Waals surface area (Å²) in [4.78, 5) is 13.7. The Bertz CT molecular complexity index is 851. The summed E-state index contributed by atoms with van der Waals surface area (Å²) in [5, 5.41) is 6.58. The van der Waals surface area contributed by atoms with Gasteiger partial charge in [-0.3, -0.25) is 9.89 Å². The van der Waals surface area contributed by atoms with Crippen LogP contribution >= 0.6 is 0 Å². The standard InChI is InChI=1S/C18H26N4O3S/c1-12(2)16-6-8-17(9-7-16)22(15(5)23)11-10-19-26(24,25)18-13(3)20-21-14(18)4/h6-9,12,19H,10-11H2,1-5H3,(H,20,21). The van der Waals surface area contributed by atoms with Crippen LogP contribution in [0.5, 0.6) is 0 Å². The lowest BCUT2D eigenvalue weighted by Crippen LogP contribution is -2.37. The van der Waals surface area contributed by atoms with Crippen molar-refractivity contribution in [2.45, 2.75) is 45.4 Å². The van der Waals surface area contributed by atoms with Gasteiger partial charge < -0.3 is 4.90 Å². The molecule has 1 amide bonds. The summed E-state index contributed by atoms with van der Waals surface area (Å²) in [6.45, 7) is 9.32. The van der Waals surface area contributed by atoms with Crippen LogP contribution in [0.3, 0.4) is 0 Å². The Balaban J connectivity index is 2.08. The highest BCUT2D eigenvalue weighted by Crippen LogP contribution is 2.20. The van der Waals surface area contributed by atoms with E-state index < -0.39 is 10.0 Å². The monoisotopic (exact) mass is 378 g/mol. The number of nitrogens with one attached hydrogen (secondary N) is 2. The molecule has 8 heteroatoms. The number of carbonyl (C=O) groups is 1. The average Bonchev–Trinajstić information content (AvgIpc) is 2.91. The van der Waals surface area contributed by atoms with E-state index in [1.165, 1.54) is 12.5 Å². The molecule has 0 aliphatic rings. The van der Waals surface area contributed by atoms with Gasteiger partial charge in [-0.15, -0.1) is 0 Å². The molecule has 2 rings (SSSR count). The minimum absolute atomic E-state index is 0.109. The van der Waals surface area contributed by atoms with E-state index in [-0.39, 0.29) is 23.9 Å². The molecule has 0 atom stereocenters. The van der Waals surface area contributed by atoms with Gasteiger partial charge in [0, 0.05) is 25.7 Å². The first-order chi connectivity index (χ1) is 12.1. The molecule has 0 spiro atoms. The van der Waals surface area contributed by atoms with Gasteiger partial charge in [0.1, 0.15) is 4.90 Å². The van der Waals surface area contributed by atoms with Crippen LogP contribution in [-0.2, 0) is 14.8 Å². The predicted octanol–water partition coefficient (Wildman–Crippen LogP) is 2.48. The van der Waals surface area contributed by atoms with E-state index in [0.717, 1.165) is 5.69 Å². The Morgan fingerprint density at radius 1 is 1.23 bits per heavy atom. The lowest BCUT2D eigenvalue weighted by atomic mass is 10.0. The van der Waals surface area contributed by atoms with Crippen LogP contribution in [0.25, 0.3) is 0 Å². The number of hydrogen-bond donors (Lipinski definition) is 2. The van der Waals surface area contributed by atoms with Crippen molar-refractivity contribution in [1.82, 2.24) is 14.9 Å². The molecule has 0 aliphatic heterocycles. The van der Waals surface area contributed by atoms with Gasteiger partial charge in [0.05, 0.1) is 11.4 Å². The number of H-pyrrole nitrogens is 1. The van der Waals surface area contributed by atoms with E-state index in [4.69, 9.17) is 0 Å². The van der Waals surface area contributed by atoms with Gasteiger partial charge in [-0.1, -0.05) is 26.0 Å². The molecule has 2 N–H and O–H groups in total. The topological polar surface area (TPSA) is 95.2 Å². The summed E-state index contributed by atoms with van der Waals surface area (Å²) in [5.74, 6) is 0.264. The summed E-state index contributed by atoms with van der Waals surface area (Å²) in [7, 11) is -3.68. The van der Waals surface area contributed by atoms with Crippen molar-refractivity contribution >= 4 is 21.6 Å². The van der Waals surface area contributed by atoms with E-state index in [9.17, 15) is 13.2 Å². The third-order valence-electron chi connectivity index (χ3n) is 4.21. The number of benzene rings is 1. The van der Waals surface area contributed by atoms with Crippen LogP contribution in [0.2, 0.25) is 0 Å². The van der Waals surface area contributed by atoms with Crippen LogP contribution in [0.15, 0.2) is 29.2 Å². The molecule has 26 heavy (non-hydrogen) atoms. The van der Waals surface area contributed by atoms with E-state index in [0.29, 0.717) is 17.3 Å². The number of hydrogen-bond acceptors (Lipinski definition) is 4. The molecule has 0 saturated heterocycles. The Morgan fingerprint density at radius 3 is 2.31 bits per heavy atom. The first-order valence-electron chi connectivity index (χ1n) is 8.52. The zero-order chi connectivity index (χ0) is 19.5. The molecule has 0 fully saturated rings. The molecule has 0 radical (unpaired) electrons. The highest BCUT2D eigenvalue weighted by atomic mass is 32.2.